The number of aryl methyl sites for hydroxylation is 1. The van der Waals surface area contributed by atoms with Crippen LogP contribution in [-0.4, -0.2) is 64.9 Å². The number of halogens is 1. The zero-order valence-electron chi connectivity index (χ0n) is 13.9. The fourth-order valence-electron chi connectivity index (χ4n) is 2.54. The molecule has 0 aliphatic carbocycles. The number of nitrogens with two attached hydrogens (primary N) is 1. The van der Waals surface area contributed by atoms with Gasteiger partial charge in [0.05, 0.1) is 16.7 Å². The number of piperazine rings is 1. The number of nitrogens with zero attached hydrogens (tertiary/aromatic N) is 3. The lowest BCUT2D eigenvalue weighted by molar-refractivity contribution is -0.134. The molecule has 1 saturated heterocycles. The molecule has 1 fully saturated rings. The lowest BCUT2D eigenvalue weighted by Gasteiger charge is -2.35. The third-order valence-electron chi connectivity index (χ3n) is 3.92. The van der Waals surface area contributed by atoms with Crippen molar-refractivity contribution in [2.24, 2.45) is 5.73 Å². The Morgan fingerprint density at radius 3 is 2.70 bits per heavy atom. The highest BCUT2D eigenvalue weighted by Crippen LogP contribution is 2.14. The van der Waals surface area contributed by atoms with Gasteiger partial charge in [-0.2, -0.15) is 11.8 Å². The van der Waals surface area contributed by atoms with Gasteiger partial charge in [0.1, 0.15) is 0 Å². The molecule has 2 N–H and O–H groups in total. The number of carbonyl (C=O) groups excluding carboxylic acids is 1. The van der Waals surface area contributed by atoms with Crippen molar-refractivity contribution in [3.63, 3.8) is 0 Å². The predicted octanol–water partition coefficient (Wildman–Crippen LogP) is 1.85. The minimum Gasteiger partial charge on any atom is -0.339 e. The molecule has 1 aromatic heterocycles. The van der Waals surface area contributed by atoms with E-state index in [9.17, 15) is 4.79 Å². The van der Waals surface area contributed by atoms with Crippen LogP contribution in [0.2, 0.25) is 0 Å². The van der Waals surface area contributed by atoms with Gasteiger partial charge in [0, 0.05) is 38.1 Å². The minimum atomic E-state index is -0.343. The Morgan fingerprint density at radius 1 is 1.43 bits per heavy atom. The summed E-state index contributed by atoms with van der Waals surface area (Å²) in [6, 6.07) is -0.343. The summed E-state index contributed by atoms with van der Waals surface area (Å²) in [5, 5.41) is 3.35. The van der Waals surface area contributed by atoms with Crippen LogP contribution in [0, 0.1) is 0 Å². The molecule has 0 radical (unpaired) electrons. The van der Waals surface area contributed by atoms with Crippen molar-refractivity contribution >= 4 is 41.4 Å². The number of carbonyl (C=O) groups is 1. The van der Waals surface area contributed by atoms with Gasteiger partial charge in [0.15, 0.2) is 0 Å². The molecule has 23 heavy (non-hydrogen) atoms. The molecular weight excluding hydrogens is 352 g/mol. The van der Waals surface area contributed by atoms with E-state index in [1.54, 1.807) is 23.1 Å². The molecule has 1 amide bonds. The van der Waals surface area contributed by atoms with Gasteiger partial charge in [-0.3, -0.25) is 9.69 Å². The highest BCUT2D eigenvalue weighted by molar-refractivity contribution is 7.98. The Bertz CT molecular complexity index is 478. The first kappa shape index (κ1) is 20.7. The van der Waals surface area contributed by atoms with Gasteiger partial charge in [-0.1, -0.05) is 6.92 Å². The monoisotopic (exact) mass is 378 g/mol. The van der Waals surface area contributed by atoms with Gasteiger partial charge in [0.2, 0.25) is 5.91 Å². The van der Waals surface area contributed by atoms with Gasteiger partial charge < -0.3 is 10.6 Å². The number of hydrogen-bond acceptors (Lipinski definition) is 6. The average Bonchev–Trinajstić information content (AvgIpc) is 3.00. The average molecular weight is 379 g/mol. The van der Waals surface area contributed by atoms with Crippen LogP contribution >= 0.6 is 35.5 Å². The summed E-state index contributed by atoms with van der Waals surface area (Å²) in [6.07, 6.45) is 3.80. The molecule has 0 spiro atoms. The van der Waals surface area contributed by atoms with E-state index in [1.807, 2.05) is 11.2 Å². The zero-order valence-corrected chi connectivity index (χ0v) is 16.3. The van der Waals surface area contributed by atoms with Crippen LogP contribution in [0.3, 0.4) is 0 Å². The van der Waals surface area contributed by atoms with Crippen LogP contribution in [0.4, 0.5) is 0 Å². The van der Waals surface area contributed by atoms with Crippen LogP contribution in [0.5, 0.6) is 0 Å². The largest absolute Gasteiger partial charge is 0.339 e. The fourth-order valence-corrected chi connectivity index (χ4v) is 3.77. The van der Waals surface area contributed by atoms with E-state index >= 15 is 0 Å². The second kappa shape index (κ2) is 10.5. The Morgan fingerprint density at radius 2 is 2.13 bits per heavy atom. The Kier molecular flexibility index (Phi) is 9.46. The van der Waals surface area contributed by atoms with Gasteiger partial charge in [0.25, 0.3) is 0 Å². The van der Waals surface area contributed by atoms with Crippen molar-refractivity contribution in [1.82, 2.24) is 14.8 Å². The molecule has 2 heterocycles. The van der Waals surface area contributed by atoms with Crippen molar-refractivity contribution in [2.45, 2.75) is 32.4 Å². The lowest BCUT2D eigenvalue weighted by Crippen LogP contribution is -2.53. The third-order valence-corrected chi connectivity index (χ3v) is 5.61. The molecule has 0 aromatic carbocycles. The summed E-state index contributed by atoms with van der Waals surface area (Å²) in [5.74, 6) is 1.05. The van der Waals surface area contributed by atoms with E-state index < -0.39 is 0 Å². The van der Waals surface area contributed by atoms with Crippen LogP contribution in [0.25, 0.3) is 0 Å². The van der Waals surface area contributed by atoms with E-state index in [4.69, 9.17) is 5.73 Å². The smallest absolute Gasteiger partial charge is 0.239 e. The standard InChI is InChI=1S/C15H26N4OS2.ClH/c1-3-14-17-12(11-22-14)10-18-5-7-19(8-6-18)15(20)13(16)4-9-21-2;/h11,13H,3-10,16H2,1-2H3;1H. The molecule has 0 saturated carbocycles. The topological polar surface area (TPSA) is 62.5 Å². The molecule has 1 aliphatic rings. The molecule has 1 unspecified atom stereocenters. The highest BCUT2D eigenvalue weighted by Gasteiger charge is 2.25. The van der Waals surface area contributed by atoms with E-state index in [0.717, 1.165) is 57.0 Å². The maximum Gasteiger partial charge on any atom is 0.239 e. The summed E-state index contributed by atoms with van der Waals surface area (Å²) in [7, 11) is 0. The number of rotatable bonds is 7. The molecule has 132 valence electrons. The molecule has 1 aliphatic heterocycles. The molecule has 1 aromatic rings. The van der Waals surface area contributed by atoms with Gasteiger partial charge in [-0.25, -0.2) is 4.98 Å². The summed E-state index contributed by atoms with van der Waals surface area (Å²) < 4.78 is 0. The number of aromatic nitrogens is 1. The number of amides is 1. The number of hydrogen-bond donors (Lipinski definition) is 1. The van der Waals surface area contributed by atoms with E-state index in [0.29, 0.717) is 0 Å². The maximum atomic E-state index is 12.3. The first-order valence-electron chi connectivity index (χ1n) is 7.83. The second-order valence-corrected chi connectivity index (χ2v) is 7.50. The number of thioether (sulfide) groups is 1. The van der Waals surface area contributed by atoms with Crippen LogP contribution in [0.1, 0.15) is 24.0 Å². The van der Waals surface area contributed by atoms with Crippen molar-refractivity contribution in [2.75, 3.05) is 38.2 Å². The molecule has 2 rings (SSSR count). The van der Waals surface area contributed by atoms with Gasteiger partial charge >= 0.3 is 0 Å². The normalized spacial score (nSPS) is 16.9. The van der Waals surface area contributed by atoms with Crippen molar-refractivity contribution in [3.8, 4) is 0 Å². The van der Waals surface area contributed by atoms with Crippen molar-refractivity contribution < 1.29 is 4.79 Å². The van der Waals surface area contributed by atoms with Crippen molar-refractivity contribution in [3.05, 3.63) is 16.1 Å². The first-order valence-corrected chi connectivity index (χ1v) is 10.1. The lowest BCUT2D eigenvalue weighted by atomic mass is 10.2. The molecule has 5 nitrogen and oxygen atoms in total. The summed E-state index contributed by atoms with van der Waals surface area (Å²) in [5.41, 5.74) is 7.13. The first-order chi connectivity index (χ1) is 10.6. The molecule has 1 atom stereocenters. The Hall–Kier alpha value is -0.340. The summed E-state index contributed by atoms with van der Waals surface area (Å²) in [6.45, 7) is 6.37. The van der Waals surface area contributed by atoms with Crippen LogP contribution in [-0.2, 0) is 17.8 Å². The summed E-state index contributed by atoms with van der Waals surface area (Å²) >= 11 is 3.47. The van der Waals surface area contributed by atoms with Crippen LogP contribution in [0.15, 0.2) is 5.38 Å². The van der Waals surface area contributed by atoms with Crippen molar-refractivity contribution in [1.29, 1.82) is 0 Å². The maximum absolute atomic E-state index is 12.3. The molecule has 0 bridgehead atoms. The second-order valence-electron chi connectivity index (χ2n) is 5.58. The Labute approximate surface area is 153 Å². The third kappa shape index (κ3) is 6.23. The van der Waals surface area contributed by atoms with E-state index in [-0.39, 0.29) is 24.4 Å². The quantitative estimate of drug-likeness (QED) is 0.784. The molecule has 8 heteroatoms. The SMILES string of the molecule is CCc1nc(CN2CCN(C(=O)C(N)CCSC)CC2)cs1.Cl. The highest BCUT2D eigenvalue weighted by atomic mass is 35.5. The van der Waals surface area contributed by atoms with E-state index in [1.165, 1.54) is 5.01 Å². The zero-order chi connectivity index (χ0) is 15.9. The van der Waals surface area contributed by atoms with Gasteiger partial charge in [-0.05, 0) is 24.9 Å². The van der Waals surface area contributed by atoms with Gasteiger partial charge in [-0.15, -0.1) is 23.7 Å². The number of thiazole rings is 1. The summed E-state index contributed by atoms with van der Waals surface area (Å²) in [4.78, 5) is 21.2. The van der Waals surface area contributed by atoms with Crippen LogP contribution < -0.4 is 5.73 Å². The van der Waals surface area contributed by atoms with E-state index in [2.05, 4.69) is 22.2 Å². The fraction of sp³-hybridized carbons (Fsp3) is 0.733. The predicted molar refractivity (Wildman–Crippen MR) is 102 cm³/mol. The molecular formula is C15H27ClN4OS2. The Balaban J connectivity index is 0.00000264. The minimum absolute atomic E-state index is 0.